The average Bonchev–Trinajstić information content (AvgIpc) is 2.89. The Hall–Kier alpha value is -1.78. The molecule has 8 nitrogen and oxygen atoms in total. The zero-order chi connectivity index (χ0) is 15.6. The minimum atomic E-state index is -4.15. The van der Waals surface area contributed by atoms with Gasteiger partial charge in [-0.2, -0.15) is 0 Å². The fraction of sp³-hybridized carbons (Fsp3) is 0.455. The van der Waals surface area contributed by atoms with E-state index in [1.807, 2.05) is 0 Å². The van der Waals surface area contributed by atoms with E-state index < -0.39 is 37.4 Å². The van der Waals surface area contributed by atoms with Crippen molar-refractivity contribution < 1.29 is 22.5 Å². The number of sulfonamides is 1. The third-order valence-corrected chi connectivity index (χ3v) is 4.62. The number of rotatable bonds is 5. The van der Waals surface area contributed by atoms with Gasteiger partial charge in [-0.05, 0) is 6.42 Å². The van der Waals surface area contributed by atoms with E-state index in [1.165, 1.54) is 7.05 Å². The summed E-state index contributed by atoms with van der Waals surface area (Å²) in [7, 11) is -2.79. The van der Waals surface area contributed by atoms with Crippen LogP contribution in [0.3, 0.4) is 0 Å². The number of nitro benzene ring substituents is 1. The molecule has 21 heavy (non-hydrogen) atoms. The van der Waals surface area contributed by atoms with Gasteiger partial charge in [-0.25, -0.2) is 17.5 Å². The summed E-state index contributed by atoms with van der Waals surface area (Å²) in [6.07, 6.45) is 0.489. The number of non-ortho nitro benzene ring substituents is 1. The zero-order valence-electron chi connectivity index (χ0n) is 11.1. The summed E-state index contributed by atoms with van der Waals surface area (Å²) in [5, 5.41) is 13.2. The predicted octanol–water partition coefficient (Wildman–Crippen LogP) is 0.843. The lowest BCUT2D eigenvalue weighted by molar-refractivity contribution is -0.385. The van der Waals surface area contributed by atoms with Gasteiger partial charge in [0.25, 0.3) is 5.69 Å². The maximum atomic E-state index is 14.0. The summed E-state index contributed by atoms with van der Waals surface area (Å²) >= 11 is 0. The molecule has 0 radical (unpaired) electrons. The zero-order valence-corrected chi connectivity index (χ0v) is 11.9. The monoisotopic (exact) mass is 319 g/mol. The van der Waals surface area contributed by atoms with Crippen LogP contribution in [0.2, 0.25) is 0 Å². The topological polar surface area (TPSA) is 111 Å². The van der Waals surface area contributed by atoms with Crippen LogP contribution in [0.5, 0.6) is 0 Å². The summed E-state index contributed by atoms with van der Waals surface area (Å²) in [6, 6.07) is 1.12. The molecule has 1 saturated heterocycles. The number of ether oxygens (including phenoxy) is 1. The van der Waals surface area contributed by atoms with Gasteiger partial charge in [0.2, 0.25) is 10.0 Å². The van der Waals surface area contributed by atoms with Gasteiger partial charge in [0.1, 0.15) is 4.90 Å². The second-order valence-electron chi connectivity index (χ2n) is 4.49. The highest BCUT2D eigenvalue weighted by Gasteiger charge is 2.30. The predicted molar refractivity (Wildman–Crippen MR) is 72.1 cm³/mol. The second-order valence-corrected chi connectivity index (χ2v) is 6.14. The van der Waals surface area contributed by atoms with E-state index in [2.05, 4.69) is 10.0 Å². The lowest BCUT2D eigenvalue weighted by Gasteiger charge is -2.15. The van der Waals surface area contributed by atoms with Crippen molar-refractivity contribution in [3.63, 3.8) is 0 Å². The number of benzene rings is 1. The van der Waals surface area contributed by atoms with Gasteiger partial charge in [0, 0.05) is 25.8 Å². The molecule has 0 bridgehead atoms. The van der Waals surface area contributed by atoms with E-state index in [-0.39, 0.29) is 12.3 Å². The Labute approximate surface area is 120 Å². The number of nitrogens with zero attached hydrogens (tertiary/aromatic N) is 1. The van der Waals surface area contributed by atoms with Crippen molar-refractivity contribution in [2.24, 2.45) is 0 Å². The summed E-state index contributed by atoms with van der Waals surface area (Å²) in [5.74, 6) is -1.18. The quantitative estimate of drug-likeness (QED) is 0.615. The van der Waals surface area contributed by atoms with Gasteiger partial charge in [-0.1, -0.05) is 0 Å². The van der Waals surface area contributed by atoms with Crippen molar-refractivity contribution in [1.82, 2.24) is 4.72 Å². The molecule has 0 aliphatic carbocycles. The number of halogens is 1. The van der Waals surface area contributed by atoms with Gasteiger partial charge in [-0.15, -0.1) is 0 Å². The molecule has 1 unspecified atom stereocenters. The molecule has 1 aromatic carbocycles. The number of nitro groups is 1. The maximum absolute atomic E-state index is 14.0. The Kier molecular flexibility index (Phi) is 4.40. The SMILES string of the molecule is CNc1cc([N+](=O)[O-])cc(F)c1S(=O)(=O)NC1CCOC1. The van der Waals surface area contributed by atoms with E-state index in [0.717, 1.165) is 6.07 Å². The molecular weight excluding hydrogens is 305 g/mol. The molecule has 1 atom stereocenters. The van der Waals surface area contributed by atoms with E-state index in [0.29, 0.717) is 19.1 Å². The third kappa shape index (κ3) is 3.28. The molecule has 0 aromatic heterocycles. The molecule has 116 valence electrons. The Morgan fingerprint density at radius 3 is 2.71 bits per heavy atom. The molecule has 2 rings (SSSR count). The number of hydrogen-bond donors (Lipinski definition) is 2. The van der Waals surface area contributed by atoms with Gasteiger partial charge >= 0.3 is 0 Å². The molecule has 1 heterocycles. The summed E-state index contributed by atoms with van der Waals surface area (Å²) < 4.78 is 45.9. The number of hydrogen-bond acceptors (Lipinski definition) is 6. The van der Waals surface area contributed by atoms with E-state index >= 15 is 0 Å². The van der Waals surface area contributed by atoms with Crippen LogP contribution in [0.25, 0.3) is 0 Å². The molecule has 1 aliphatic rings. The van der Waals surface area contributed by atoms with Crippen LogP contribution in [0.4, 0.5) is 15.8 Å². The van der Waals surface area contributed by atoms with Crippen molar-refractivity contribution in [2.45, 2.75) is 17.4 Å². The Morgan fingerprint density at radius 1 is 1.48 bits per heavy atom. The van der Waals surface area contributed by atoms with Crippen molar-refractivity contribution in [1.29, 1.82) is 0 Å². The Balaban J connectivity index is 2.44. The second kappa shape index (κ2) is 5.92. The minimum absolute atomic E-state index is 0.173. The molecule has 1 aliphatic heterocycles. The number of nitrogens with one attached hydrogen (secondary N) is 2. The van der Waals surface area contributed by atoms with Crippen molar-refractivity contribution >= 4 is 21.4 Å². The maximum Gasteiger partial charge on any atom is 0.274 e. The van der Waals surface area contributed by atoms with Gasteiger partial charge in [-0.3, -0.25) is 10.1 Å². The molecular formula is C11H14FN3O5S. The average molecular weight is 319 g/mol. The van der Waals surface area contributed by atoms with Crippen LogP contribution in [0, 0.1) is 15.9 Å². The first kappa shape index (κ1) is 15.6. The number of anilines is 1. The van der Waals surface area contributed by atoms with E-state index in [1.54, 1.807) is 0 Å². The summed E-state index contributed by atoms with van der Waals surface area (Å²) in [5.41, 5.74) is -0.701. The summed E-state index contributed by atoms with van der Waals surface area (Å²) in [6.45, 7) is 0.636. The van der Waals surface area contributed by atoms with Crippen LogP contribution in [-0.4, -0.2) is 39.6 Å². The van der Waals surface area contributed by atoms with Crippen molar-refractivity contribution in [2.75, 3.05) is 25.6 Å². The van der Waals surface area contributed by atoms with Crippen molar-refractivity contribution in [3.05, 3.63) is 28.1 Å². The first-order chi connectivity index (χ1) is 9.85. The smallest absolute Gasteiger partial charge is 0.274 e. The summed E-state index contributed by atoms with van der Waals surface area (Å²) in [4.78, 5) is 9.26. The largest absolute Gasteiger partial charge is 0.387 e. The molecule has 1 aromatic rings. The van der Waals surface area contributed by atoms with E-state index in [9.17, 15) is 22.9 Å². The highest BCUT2D eigenvalue weighted by molar-refractivity contribution is 7.89. The van der Waals surface area contributed by atoms with Crippen molar-refractivity contribution in [3.8, 4) is 0 Å². The molecule has 0 spiro atoms. The molecule has 10 heteroatoms. The fourth-order valence-electron chi connectivity index (χ4n) is 2.05. The van der Waals surface area contributed by atoms with Gasteiger partial charge in [0.05, 0.1) is 23.3 Å². The molecule has 1 fully saturated rings. The molecule has 0 saturated carbocycles. The third-order valence-electron chi connectivity index (χ3n) is 3.03. The lowest BCUT2D eigenvalue weighted by Crippen LogP contribution is -2.35. The Morgan fingerprint density at radius 2 is 2.19 bits per heavy atom. The molecule has 0 amide bonds. The fourth-order valence-corrected chi connectivity index (χ4v) is 3.56. The lowest BCUT2D eigenvalue weighted by atomic mass is 10.2. The van der Waals surface area contributed by atoms with Crippen LogP contribution in [0.1, 0.15) is 6.42 Å². The standard InChI is InChI=1S/C11H14FN3O5S/c1-13-10-5-8(15(16)17)4-9(12)11(10)21(18,19)14-7-2-3-20-6-7/h4-5,7,13-14H,2-3,6H2,1H3. The van der Waals surface area contributed by atoms with Crippen LogP contribution in [0.15, 0.2) is 17.0 Å². The highest BCUT2D eigenvalue weighted by Crippen LogP contribution is 2.29. The van der Waals surface area contributed by atoms with E-state index in [4.69, 9.17) is 4.74 Å². The first-order valence-electron chi connectivity index (χ1n) is 6.11. The highest BCUT2D eigenvalue weighted by atomic mass is 32.2. The first-order valence-corrected chi connectivity index (χ1v) is 7.59. The minimum Gasteiger partial charge on any atom is -0.387 e. The van der Waals surface area contributed by atoms with Crippen LogP contribution in [-0.2, 0) is 14.8 Å². The Bertz CT molecular complexity index is 658. The van der Waals surface area contributed by atoms with Gasteiger partial charge < -0.3 is 10.1 Å². The van der Waals surface area contributed by atoms with Crippen LogP contribution >= 0.6 is 0 Å². The normalized spacial score (nSPS) is 18.7. The van der Waals surface area contributed by atoms with Crippen LogP contribution < -0.4 is 10.0 Å². The van der Waals surface area contributed by atoms with Gasteiger partial charge in [0.15, 0.2) is 5.82 Å². The molecule has 2 N–H and O–H groups in total.